The summed E-state index contributed by atoms with van der Waals surface area (Å²) < 4.78 is 11.0. The Morgan fingerprint density at radius 1 is 1.19 bits per heavy atom. The summed E-state index contributed by atoms with van der Waals surface area (Å²) in [5, 5.41) is 0. The van der Waals surface area contributed by atoms with Crippen LogP contribution in [0.5, 0.6) is 11.5 Å². The quantitative estimate of drug-likeness (QED) is 0.753. The minimum Gasteiger partial charge on any atom is -0.496 e. The Morgan fingerprint density at radius 2 is 1.88 bits per heavy atom. The molecule has 0 aromatic heterocycles. The van der Waals surface area contributed by atoms with Gasteiger partial charge in [-0.2, -0.15) is 5.48 Å². The van der Waals surface area contributed by atoms with Crippen molar-refractivity contribution in [1.29, 1.82) is 0 Å². The van der Waals surface area contributed by atoms with E-state index in [1.165, 1.54) is 0 Å². The van der Waals surface area contributed by atoms with Gasteiger partial charge in [0.1, 0.15) is 11.5 Å². The molecule has 4 nitrogen and oxygen atoms in total. The molecule has 0 bridgehead atoms. The Hall–Kier alpha value is -1.26. The van der Waals surface area contributed by atoms with E-state index >= 15 is 0 Å². The van der Waals surface area contributed by atoms with E-state index in [-0.39, 0.29) is 6.10 Å². The SMILES string of the molecule is CONCc1c(OC)cccc1OC(C)C. The molecule has 1 aromatic rings. The van der Waals surface area contributed by atoms with Crippen LogP contribution in [-0.4, -0.2) is 20.3 Å². The van der Waals surface area contributed by atoms with Gasteiger partial charge in [0, 0.05) is 0 Å². The highest BCUT2D eigenvalue weighted by atomic mass is 16.6. The van der Waals surface area contributed by atoms with Crippen LogP contribution < -0.4 is 15.0 Å². The van der Waals surface area contributed by atoms with Gasteiger partial charge in [0.05, 0.1) is 32.4 Å². The molecule has 90 valence electrons. The number of hydrogen-bond donors (Lipinski definition) is 1. The summed E-state index contributed by atoms with van der Waals surface area (Å²) in [4.78, 5) is 4.84. The fourth-order valence-electron chi connectivity index (χ4n) is 1.42. The maximum absolute atomic E-state index is 5.71. The number of hydrogen-bond acceptors (Lipinski definition) is 4. The van der Waals surface area contributed by atoms with Gasteiger partial charge in [-0.25, -0.2) is 0 Å². The molecule has 0 fully saturated rings. The second kappa shape index (κ2) is 6.35. The molecule has 1 N–H and O–H groups in total. The molecule has 1 aromatic carbocycles. The zero-order chi connectivity index (χ0) is 12.0. The van der Waals surface area contributed by atoms with E-state index in [2.05, 4.69) is 5.48 Å². The fraction of sp³-hybridized carbons (Fsp3) is 0.500. The second-order valence-electron chi connectivity index (χ2n) is 3.63. The molecule has 0 aliphatic carbocycles. The predicted molar refractivity (Wildman–Crippen MR) is 62.6 cm³/mol. The molecule has 0 unspecified atom stereocenters. The minimum atomic E-state index is 0.133. The van der Waals surface area contributed by atoms with Crippen LogP contribution in [0.15, 0.2) is 18.2 Å². The van der Waals surface area contributed by atoms with Crippen LogP contribution in [0.4, 0.5) is 0 Å². The number of benzene rings is 1. The van der Waals surface area contributed by atoms with Crippen molar-refractivity contribution < 1.29 is 14.3 Å². The molecule has 0 saturated carbocycles. The predicted octanol–water partition coefficient (Wildman–Crippen LogP) is 2.13. The van der Waals surface area contributed by atoms with Gasteiger partial charge < -0.3 is 14.3 Å². The molecule has 0 amide bonds. The van der Waals surface area contributed by atoms with Crippen molar-refractivity contribution >= 4 is 0 Å². The first-order valence-corrected chi connectivity index (χ1v) is 5.27. The van der Waals surface area contributed by atoms with Gasteiger partial charge in [-0.3, -0.25) is 0 Å². The Labute approximate surface area is 96.5 Å². The highest BCUT2D eigenvalue weighted by Crippen LogP contribution is 2.28. The Morgan fingerprint density at radius 3 is 2.44 bits per heavy atom. The first kappa shape index (κ1) is 12.8. The van der Waals surface area contributed by atoms with Gasteiger partial charge in [-0.15, -0.1) is 0 Å². The van der Waals surface area contributed by atoms with Crippen LogP contribution >= 0.6 is 0 Å². The lowest BCUT2D eigenvalue weighted by molar-refractivity contribution is 0.0849. The average molecular weight is 225 g/mol. The van der Waals surface area contributed by atoms with Crippen molar-refractivity contribution in [2.24, 2.45) is 0 Å². The van der Waals surface area contributed by atoms with Gasteiger partial charge in [0.15, 0.2) is 0 Å². The molecule has 0 spiro atoms. The lowest BCUT2D eigenvalue weighted by Crippen LogP contribution is -2.14. The van der Waals surface area contributed by atoms with Gasteiger partial charge in [-0.1, -0.05) is 6.07 Å². The zero-order valence-electron chi connectivity index (χ0n) is 10.2. The highest BCUT2D eigenvalue weighted by Gasteiger charge is 2.10. The summed E-state index contributed by atoms with van der Waals surface area (Å²) in [6.45, 7) is 4.53. The van der Waals surface area contributed by atoms with Crippen LogP contribution in [0.25, 0.3) is 0 Å². The van der Waals surface area contributed by atoms with Gasteiger partial charge in [0.25, 0.3) is 0 Å². The number of nitrogens with one attached hydrogen (secondary N) is 1. The number of methoxy groups -OCH3 is 1. The number of ether oxygens (including phenoxy) is 2. The van der Waals surface area contributed by atoms with Crippen LogP contribution in [0, 0.1) is 0 Å². The van der Waals surface area contributed by atoms with Crippen molar-refractivity contribution in [1.82, 2.24) is 5.48 Å². The Bertz CT molecular complexity index is 326. The third-order valence-electron chi connectivity index (χ3n) is 2.07. The summed E-state index contributed by atoms with van der Waals surface area (Å²) in [6.07, 6.45) is 0.133. The first-order chi connectivity index (χ1) is 7.69. The molecular weight excluding hydrogens is 206 g/mol. The van der Waals surface area contributed by atoms with Crippen molar-refractivity contribution in [3.63, 3.8) is 0 Å². The van der Waals surface area contributed by atoms with Crippen molar-refractivity contribution in [3.8, 4) is 11.5 Å². The summed E-state index contributed by atoms with van der Waals surface area (Å²) >= 11 is 0. The summed E-state index contributed by atoms with van der Waals surface area (Å²) in [5.74, 6) is 1.61. The molecular formula is C12H19NO3. The van der Waals surface area contributed by atoms with E-state index in [0.717, 1.165) is 17.1 Å². The van der Waals surface area contributed by atoms with Crippen molar-refractivity contribution in [2.75, 3.05) is 14.2 Å². The topological polar surface area (TPSA) is 39.7 Å². The Balaban J connectivity index is 2.95. The monoisotopic (exact) mass is 225 g/mol. The molecule has 0 aliphatic heterocycles. The minimum absolute atomic E-state index is 0.133. The van der Waals surface area contributed by atoms with E-state index in [0.29, 0.717) is 6.54 Å². The third kappa shape index (κ3) is 3.40. The average Bonchev–Trinajstić information content (AvgIpc) is 2.26. The molecule has 1 rings (SSSR count). The largest absolute Gasteiger partial charge is 0.496 e. The summed E-state index contributed by atoms with van der Waals surface area (Å²) in [6, 6.07) is 5.74. The van der Waals surface area contributed by atoms with Crippen LogP contribution in [-0.2, 0) is 11.4 Å². The molecule has 0 radical (unpaired) electrons. The molecule has 4 heteroatoms. The number of hydroxylamine groups is 1. The van der Waals surface area contributed by atoms with Crippen LogP contribution in [0.3, 0.4) is 0 Å². The third-order valence-corrected chi connectivity index (χ3v) is 2.07. The van der Waals surface area contributed by atoms with E-state index in [9.17, 15) is 0 Å². The van der Waals surface area contributed by atoms with Crippen LogP contribution in [0.1, 0.15) is 19.4 Å². The normalized spacial score (nSPS) is 10.6. The van der Waals surface area contributed by atoms with E-state index in [1.54, 1.807) is 14.2 Å². The maximum Gasteiger partial charge on any atom is 0.127 e. The molecule has 0 atom stereocenters. The van der Waals surface area contributed by atoms with E-state index in [4.69, 9.17) is 14.3 Å². The van der Waals surface area contributed by atoms with Gasteiger partial charge >= 0.3 is 0 Å². The second-order valence-corrected chi connectivity index (χ2v) is 3.63. The molecule has 0 heterocycles. The molecule has 0 aliphatic rings. The molecule has 0 saturated heterocycles. The maximum atomic E-state index is 5.71. The first-order valence-electron chi connectivity index (χ1n) is 5.27. The van der Waals surface area contributed by atoms with Crippen molar-refractivity contribution in [2.45, 2.75) is 26.5 Å². The lowest BCUT2D eigenvalue weighted by atomic mass is 10.1. The Kier molecular flexibility index (Phi) is 5.08. The van der Waals surface area contributed by atoms with Gasteiger partial charge in [0.2, 0.25) is 0 Å². The van der Waals surface area contributed by atoms with E-state index < -0.39 is 0 Å². The van der Waals surface area contributed by atoms with Crippen molar-refractivity contribution in [3.05, 3.63) is 23.8 Å². The zero-order valence-corrected chi connectivity index (χ0v) is 10.2. The smallest absolute Gasteiger partial charge is 0.127 e. The lowest BCUT2D eigenvalue weighted by Gasteiger charge is -2.16. The van der Waals surface area contributed by atoms with Gasteiger partial charge in [-0.05, 0) is 26.0 Å². The highest BCUT2D eigenvalue weighted by molar-refractivity contribution is 5.44. The van der Waals surface area contributed by atoms with E-state index in [1.807, 2.05) is 32.0 Å². The summed E-state index contributed by atoms with van der Waals surface area (Å²) in [5.41, 5.74) is 3.75. The standard InChI is InChI=1S/C12H19NO3/c1-9(2)16-12-7-5-6-11(14-3)10(12)8-13-15-4/h5-7,9,13H,8H2,1-4H3. The fourth-order valence-corrected chi connectivity index (χ4v) is 1.42. The van der Waals surface area contributed by atoms with Crippen LogP contribution in [0.2, 0.25) is 0 Å². The molecule has 16 heavy (non-hydrogen) atoms. The summed E-state index contributed by atoms with van der Waals surface area (Å²) in [7, 11) is 3.23. The number of rotatable bonds is 6.